The van der Waals surface area contributed by atoms with Crippen molar-refractivity contribution in [1.29, 1.82) is 0 Å². The number of hydrogen-bond donors (Lipinski definition) is 0. The minimum absolute atomic E-state index is 0.517. The summed E-state index contributed by atoms with van der Waals surface area (Å²) in [5.74, 6) is 3.58. The molecule has 3 heteroatoms. The van der Waals surface area contributed by atoms with E-state index < -0.39 is 10.8 Å². The summed E-state index contributed by atoms with van der Waals surface area (Å²) in [5.41, 5.74) is 23.9. The minimum Gasteiger partial charge on any atom is -0.457 e. The molecule has 12 aromatic rings. The van der Waals surface area contributed by atoms with Crippen molar-refractivity contribution >= 4 is 17.1 Å². The highest BCUT2D eigenvalue weighted by Crippen LogP contribution is 2.65. The lowest BCUT2D eigenvalue weighted by Crippen LogP contribution is -2.32. The van der Waals surface area contributed by atoms with E-state index >= 15 is 0 Å². The summed E-state index contributed by atoms with van der Waals surface area (Å²) < 4.78 is 13.3. The molecule has 360 valence electrons. The summed E-state index contributed by atoms with van der Waals surface area (Å²) in [5, 5.41) is 0. The average molecular weight is 982 g/mol. The maximum absolute atomic E-state index is 6.65. The zero-order chi connectivity index (χ0) is 50.7. The molecule has 0 N–H and O–H groups in total. The summed E-state index contributed by atoms with van der Waals surface area (Å²) >= 11 is 0. The van der Waals surface area contributed by atoms with Gasteiger partial charge < -0.3 is 14.4 Å². The van der Waals surface area contributed by atoms with Crippen molar-refractivity contribution in [1.82, 2.24) is 0 Å². The molecule has 3 nitrogen and oxygen atoms in total. The van der Waals surface area contributed by atoms with Crippen LogP contribution < -0.4 is 14.4 Å². The number of rotatable bonds is 6. The third-order valence-electron chi connectivity index (χ3n) is 16.8. The molecule has 0 aromatic heterocycles. The maximum atomic E-state index is 6.65. The molecule has 0 atom stereocenters. The molecule has 2 aliphatic heterocycles. The molecule has 77 heavy (non-hydrogen) atoms. The molecule has 0 saturated heterocycles. The van der Waals surface area contributed by atoms with Crippen molar-refractivity contribution in [3.8, 4) is 78.6 Å². The number of benzene rings is 12. The molecule has 12 aromatic carbocycles. The van der Waals surface area contributed by atoms with Gasteiger partial charge >= 0.3 is 0 Å². The SMILES string of the molecule is c1ccc(-c2cccc(N(c3ccc(-c4cccc5c4-c4ccccc4C54c5ccccc5Oc5ccccc54)cc3)c3cccc(-c4ccc5c(c4)-c4ccccc4C54c5ccccc5Oc5ccccc54)c3)c2)cc1. The number of para-hydroxylation sites is 4. The van der Waals surface area contributed by atoms with Crippen LogP contribution in [0.2, 0.25) is 0 Å². The average Bonchev–Trinajstić information content (AvgIpc) is 3.50. The summed E-state index contributed by atoms with van der Waals surface area (Å²) in [7, 11) is 0. The minimum atomic E-state index is -0.537. The zero-order valence-corrected chi connectivity index (χ0v) is 41.9. The first-order valence-electron chi connectivity index (χ1n) is 26.6. The number of fused-ring (bicyclic) bond motifs is 18. The van der Waals surface area contributed by atoms with Crippen molar-refractivity contribution in [2.24, 2.45) is 0 Å². The second kappa shape index (κ2) is 16.8. The fourth-order valence-electron chi connectivity index (χ4n) is 13.7. The van der Waals surface area contributed by atoms with Gasteiger partial charge in [0.2, 0.25) is 0 Å². The van der Waals surface area contributed by atoms with E-state index in [1.54, 1.807) is 0 Å². The molecule has 4 aliphatic rings. The first-order valence-corrected chi connectivity index (χ1v) is 26.6. The summed E-state index contributed by atoms with van der Waals surface area (Å²) in [6.07, 6.45) is 0. The summed E-state index contributed by atoms with van der Waals surface area (Å²) in [4.78, 5) is 2.41. The molecule has 16 rings (SSSR count). The highest BCUT2D eigenvalue weighted by Gasteiger charge is 2.53. The number of nitrogens with zero attached hydrogens (tertiary/aromatic N) is 1. The monoisotopic (exact) mass is 981 g/mol. The Morgan fingerprint density at radius 1 is 0.221 bits per heavy atom. The fraction of sp³-hybridized carbons (Fsp3) is 0.0270. The second-order valence-electron chi connectivity index (χ2n) is 20.6. The number of ether oxygens (including phenoxy) is 2. The Morgan fingerprint density at radius 3 is 1.19 bits per heavy atom. The van der Waals surface area contributed by atoms with Crippen LogP contribution in [0.4, 0.5) is 17.1 Å². The van der Waals surface area contributed by atoms with Crippen LogP contribution in [0.15, 0.2) is 285 Å². The van der Waals surface area contributed by atoms with E-state index in [1.807, 2.05) is 0 Å². The molecule has 0 radical (unpaired) electrons. The topological polar surface area (TPSA) is 21.7 Å². The van der Waals surface area contributed by atoms with Gasteiger partial charge in [-0.3, -0.25) is 0 Å². The largest absolute Gasteiger partial charge is 0.457 e. The number of hydrogen-bond acceptors (Lipinski definition) is 3. The van der Waals surface area contributed by atoms with E-state index in [4.69, 9.17) is 9.47 Å². The Morgan fingerprint density at radius 2 is 0.610 bits per heavy atom. The fourth-order valence-corrected chi connectivity index (χ4v) is 13.7. The lowest BCUT2D eigenvalue weighted by Gasteiger charge is -2.39. The highest BCUT2D eigenvalue weighted by molar-refractivity contribution is 5.97. The van der Waals surface area contributed by atoms with Gasteiger partial charge in [0.05, 0.1) is 10.8 Å². The van der Waals surface area contributed by atoms with Gasteiger partial charge in [-0.25, -0.2) is 0 Å². The molecule has 2 spiro atoms. The first-order chi connectivity index (χ1) is 38.2. The Kier molecular flexibility index (Phi) is 9.47. The number of anilines is 3. The third kappa shape index (κ3) is 6.20. The van der Waals surface area contributed by atoms with Gasteiger partial charge in [0.1, 0.15) is 23.0 Å². The van der Waals surface area contributed by atoms with E-state index in [2.05, 4.69) is 290 Å². The molecule has 0 bridgehead atoms. The second-order valence-corrected chi connectivity index (χ2v) is 20.6. The Bertz CT molecular complexity index is 4270. The van der Waals surface area contributed by atoms with E-state index in [0.717, 1.165) is 73.4 Å². The van der Waals surface area contributed by atoms with Crippen molar-refractivity contribution in [2.45, 2.75) is 10.8 Å². The van der Waals surface area contributed by atoms with Gasteiger partial charge in [0.25, 0.3) is 0 Å². The highest BCUT2D eigenvalue weighted by atomic mass is 16.5. The maximum Gasteiger partial charge on any atom is 0.132 e. The van der Waals surface area contributed by atoms with E-state index in [9.17, 15) is 0 Å². The zero-order valence-electron chi connectivity index (χ0n) is 41.9. The van der Waals surface area contributed by atoms with Crippen LogP contribution in [0.25, 0.3) is 55.6 Å². The van der Waals surface area contributed by atoms with Gasteiger partial charge in [0, 0.05) is 39.3 Å². The third-order valence-corrected chi connectivity index (χ3v) is 16.8. The summed E-state index contributed by atoms with van der Waals surface area (Å²) in [6, 6.07) is 104. The molecular weight excluding hydrogens is 935 g/mol. The van der Waals surface area contributed by atoms with Crippen molar-refractivity contribution in [3.63, 3.8) is 0 Å². The van der Waals surface area contributed by atoms with Gasteiger partial charge in [-0.2, -0.15) is 0 Å². The lowest BCUT2D eigenvalue weighted by atomic mass is 9.66. The van der Waals surface area contributed by atoms with E-state index in [-0.39, 0.29) is 0 Å². The Hall–Kier alpha value is -9.96. The predicted octanol–water partition coefficient (Wildman–Crippen LogP) is 19.1. The van der Waals surface area contributed by atoms with Gasteiger partial charge in [-0.1, -0.05) is 218 Å². The van der Waals surface area contributed by atoms with Crippen molar-refractivity contribution in [3.05, 3.63) is 330 Å². The standard InChI is InChI=1S/C74H47NO2/c1-2-19-48(20-3-1)50-21-16-23-54(45-50)75(53-42-39-49(40-43-53)56-27-18-34-67-72(56)58-26-5-7-29-61(58)74(67)65-32-10-14-37-70(65)77-71-38-15-11-33-66(71)74)55-24-17-22-51(46-55)52-41-44-62-59(47-52)57-25-4-6-28-60(57)73(62)63-30-8-12-35-68(63)76-69-36-13-9-31-64(69)73/h1-47H. The van der Waals surface area contributed by atoms with Crippen molar-refractivity contribution < 1.29 is 9.47 Å². The molecule has 0 amide bonds. The normalized spacial score (nSPS) is 13.9. The van der Waals surface area contributed by atoms with Gasteiger partial charge in [0.15, 0.2) is 0 Å². The van der Waals surface area contributed by atoms with Gasteiger partial charge in [-0.15, -0.1) is 0 Å². The molecule has 2 heterocycles. The first kappa shape index (κ1) is 43.4. The molecular formula is C74H47NO2. The van der Waals surface area contributed by atoms with Crippen LogP contribution in [0.3, 0.4) is 0 Å². The predicted molar refractivity (Wildman–Crippen MR) is 312 cm³/mol. The van der Waals surface area contributed by atoms with Crippen LogP contribution >= 0.6 is 0 Å². The van der Waals surface area contributed by atoms with E-state index in [0.29, 0.717) is 0 Å². The Balaban J connectivity index is 0.835. The van der Waals surface area contributed by atoms with Crippen LogP contribution in [-0.2, 0) is 10.8 Å². The molecule has 0 fully saturated rings. The summed E-state index contributed by atoms with van der Waals surface area (Å²) in [6.45, 7) is 0. The molecule has 0 saturated carbocycles. The van der Waals surface area contributed by atoms with Crippen LogP contribution in [0.5, 0.6) is 23.0 Å². The van der Waals surface area contributed by atoms with Crippen LogP contribution in [0, 0.1) is 0 Å². The smallest absolute Gasteiger partial charge is 0.132 e. The van der Waals surface area contributed by atoms with Gasteiger partial charge in [-0.05, 0) is 145 Å². The van der Waals surface area contributed by atoms with Crippen LogP contribution in [0.1, 0.15) is 44.5 Å². The lowest BCUT2D eigenvalue weighted by molar-refractivity contribution is 0.436. The quantitative estimate of drug-likeness (QED) is 0.166. The Labute approximate surface area is 448 Å². The van der Waals surface area contributed by atoms with Crippen molar-refractivity contribution in [2.75, 3.05) is 4.90 Å². The van der Waals surface area contributed by atoms with Crippen LogP contribution in [-0.4, -0.2) is 0 Å². The van der Waals surface area contributed by atoms with E-state index in [1.165, 1.54) is 66.8 Å². The molecule has 0 unspecified atom stereocenters. The molecule has 2 aliphatic carbocycles.